The van der Waals surface area contributed by atoms with Crippen LogP contribution in [0.1, 0.15) is 21.5 Å². The Morgan fingerprint density at radius 3 is 2.42 bits per heavy atom. The van der Waals surface area contributed by atoms with Crippen LogP contribution in [-0.2, 0) is 0 Å². The molecule has 0 aromatic heterocycles. The van der Waals surface area contributed by atoms with Gasteiger partial charge in [0, 0.05) is 16.8 Å². The zero-order chi connectivity index (χ0) is 18.4. The van der Waals surface area contributed by atoms with Crippen molar-refractivity contribution in [1.29, 1.82) is 0 Å². The van der Waals surface area contributed by atoms with Crippen LogP contribution in [0.5, 0.6) is 5.75 Å². The van der Waals surface area contributed by atoms with E-state index in [0.717, 1.165) is 17.2 Å². The normalized spacial score (nSPS) is 9.77. The average molecular weight is 345 g/mol. The Bertz CT molecular complexity index is 988. The summed E-state index contributed by atoms with van der Waals surface area (Å²) in [5.74, 6) is 5.48. The number of methoxy groups -OCH3 is 1. The van der Waals surface area contributed by atoms with Crippen molar-refractivity contribution in [2.45, 2.75) is 0 Å². The molecule has 0 aliphatic rings. The number of carbonyl (C=O) groups is 1. The SMILES string of the molecule is COc1ccc(F)cc1C(=O)Nc1cccc(C#Cc2ccccc2)c1. The maximum absolute atomic E-state index is 13.5. The summed E-state index contributed by atoms with van der Waals surface area (Å²) in [6.07, 6.45) is 0. The van der Waals surface area contributed by atoms with Gasteiger partial charge >= 0.3 is 0 Å². The van der Waals surface area contributed by atoms with Gasteiger partial charge in [-0.1, -0.05) is 36.1 Å². The number of hydrogen-bond donors (Lipinski definition) is 1. The zero-order valence-corrected chi connectivity index (χ0v) is 14.1. The molecule has 3 rings (SSSR count). The van der Waals surface area contributed by atoms with Gasteiger partial charge in [0.25, 0.3) is 5.91 Å². The molecule has 3 aromatic carbocycles. The van der Waals surface area contributed by atoms with E-state index in [0.29, 0.717) is 11.4 Å². The van der Waals surface area contributed by atoms with Crippen molar-refractivity contribution >= 4 is 11.6 Å². The fourth-order valence-electron chi connectivity index (χ4n) is 2.40. The van der Waals surface area contributed by atoms with Crippen LogP contribution in [0, 0.1) is 17.7 Å². The van der Waals surface area contributed by atoms with E-state index in [2.05, 4.69) is 17.2 Å². The van der Waals surface area contributed by atoms with Crippen molar-refractivity contribution in [2.75, 3.05) is 12.4 Å². The summed E-state index contributed by atoms with van der Waals surface area (Å²) in [5.41, 5.74) is 2.37. The summed E-state index contributed by atoms with van der Waals surface area (Å²) >= 11 is 0. The summed E-state index contributed by atoms with van der Waals surface area (Å²) < 4.78 is 18.6. The lowest BCUT2D eigenvalue weighted by atomic mass is 10.1. The van der Waals surface area contributed by atoms with Crippen LogP contribution in [0.25, 0.3) is 0 Å². The first kappa shape index (κ1) is 17.2. The molecule has 0 heterocycles. The molecule has 0 atom stereocenters. The van der Waals surface area contributed by atoms with Gasteiger partial charge in [-0.25, -0.2) is 4.39 Å². The van der Waals surface area contributed by atoms with Gasteiger partial charge < -0.3 is 10.1 Å². The van der Waals surface area contributed by atoms with Crippen LogP contribution in [0.4, 0.5) is 10.1 Å². The van der Waals surface area contributed by atoms with Crippen LogP contribution in [0.15, 0.2) is 72.8 Å². The lowest BCUT2D eigenvalue weighted by Crippen LogP contribution is -2.13. The second-order valence-electron chi connectivity index (χ2n) is 5.50. The van der Waals surface area contributed by atoms with Crippen molar-refractivity contribution in [2.24, 2.45) is 0 Å². The first-order chi connectivity index (χ1) is 12.7. The van der Waals surface area contributed by atoms with Crippen molar-refractivity contribution in [3.8, 4) is 17.6 Å². The van der Waals surface area contributed by atoms with E-state index in [1.165, 1.54) is 19.2 Å². The lowest BCUT2D eigenvalue weighted by molar-refractivity contribution is 0.102. The maximum Gasteiger partial charge on any atom is 0.259 e. The molecule has 3 nitrogen and oxygen atoms in total. The quantitative estimate of drug-likeness (QED) is 0.711. The maximum atomic E-state index is 13.5. The third-order valence-corrected chi connectivity index (χ3v) is 3.65. The molecular formula is C22H16FNO2. The number of benzene rings is 3. The highest BCUT2D eigenvalue weighted by atomic mass is 19.1. The van der Waals surface area contributed by atoms with Crippen molar-refractivity contribution in [1.82, 2.24) is 0 Å². The third kappa shape index (κ3) is 4.28. The fourth-order valence-corrected chi connectivity index (χ4v) is 2.40. The predicted molar refractivity (Wildman–Crippen MR) is 99.8 cm³/mol. The molecule has 0 spiro atoms. The second-order valence-corrected chi connectivity index (χ2v) is 5.50. The number of carbonyl (C=O) groups excluding carboxylic acids is 1. The van der Waals surface area contributed by atoms with Gasteiger partial charge in [-0.05, 0) is 48.5 Å². The van der Waals surface area contributed by atoms with Gasteiger partial charge in [0.1, 0.15) is 11.6 Å². The smallest absolute Gasteiger partial charge is 0.259 e. The monoisotopic (exact) mass is 345 g/mol. The Labute approximate surface area is 151 Å². The van der Waals surface area contributed by atoms with E-state index in [9.17, 15) is 9.18 Å². The Kier molecular flexibility index (Phi) is 5.31. The molecule has 0 radical (unpaired) electrons. The molecule has 26 heavy (non-hydrogen) atoms. The number of ether oxygens (including phenoxy) is 1. The molecule has 128 valence electrons. The summed E-state index contributed by atoms with van der Waals surface area (Å²) in [5, 5.41) is 2.75. The van der Waals surface area contributed by atoms with Crippen molar-refractivity contribution < 1.29 is 13.9 Å². The van der Waals surface area contributed by atoms with Crippen LogP contribution < -0.4 is 10.1 Å². The highest BCUT2D eigenvalue weighted by Gasteiger charge is 2.13. The molecule has 0 unspecified atom stereocenters. The number of amides is 1. The molecule has 0 aliphatic heterocycles. The Hall–Kier alpha value is -3.58. The average Bonchev–Trinajstić information content (AvgIpc) is 2.67. The van der Waals surface area contributed by atoms with Gasteiger partial charge in [0.2, 0.25) is 0 Å². The van der Waals surface area contributed by atoms with Crippen LogP contribution in [-0.4, -0.2) is 13.0 Å². The number of hydrogen-bond acceptors (Lipinski definition) is 2. The lowest BCUT2D eigenvalue weighted by Gasteiger charge is -2.09. The number of halogens is 1. The Balaban J connectivity index is 1.80. The number of nitrogens with one attached hydrogen (secondary N) is 1. The molecule has 0 saturated heterocycles. The molecule has 0 saturated carbocycles. The molecule has 0 bridgehead atoms. The largest absolute Gasteiger partial charge is 0.496 e. The van der Waals surface area contributed by atoms with Gasteiger partial charge in [0.05, 0.1) is 12.7 Å². The summed E-state index contributed by atoms with van der Waals surface area (Å²) in [6.45, 7) is 0. The van der Waals surface area contributed by atoms with E-state index in [1.807, 2.05) is 36.4 Å². The fraction of sp³-hybridized carbons (Fsp3) is 0.0455. The predicted octanol–water partition coefficient (Wildman–Crippen LogP) is 4.49. The van der Waals surface area contributed by atoms with Gasteiger partial charge in [0.15, 0.2) is 0 Å². The second kappa shape index (κ2) is 8.00. The molecule has 0 fully saturated rings. The molecule has 1 amide bonds. The van der Waals surface area contributed by atoms with Gasteiger partial charge in [-0.15, -0.1) is 0 Å². The Morgan fingerprint density at radius 2 is 1.65 bits per heavy atom. The standard InChI is InChI=1S/C22H16FNO2/c1-26-21-13-12-18(23)15-20(21)22(25)24-19-9-5-8-17(14-19)11-10-16-6-3-2-4-7-16/h2-9,12-15H,1H3,(H,24,25). The van der Waals surface area contributed by atoms with Crippen molar-refractivity contribution in [3.63, 3.8) is 0 Å². The minimum Gasteiger partial charge on any atom is -0.496 e. The molecule has 4 heteroatoms. The number of rotatable bonds is 3. The van der Waals surface area contributed by atoms with E-state index < -0.39 is 11.7 Å². The third-order valence-electron chi connectivity index (χ3n) is 3.65. The summed E-state index contributed by atoms with van der Waals surface area (Å²) in [7, 11) is 1.43. The Morgan fingerprint density at radius 1 is 0.923 bits per heavy atom. The summed E-state index contributed by atoms with van der Waals surface area (Å²) in [4.78, 5) is 12.4. The van der Waals surface area contributed by atoms with E-state index in [1.54, 1.807) is 18.2 Å². The highest BCUT2D eigenvalue weighted by molar-refractivity contribution is 6.06. The molecule has 1 N–H and O–H groups in total. The van der Waals surface area contributed by atoms with Crippen LogP contribution in [0.2, 0.25) is 0 Å². The molecule has 3 aromatic rings. The highest BCUT2D eigenvalue weighted by Crippen LogP contribution is 2.21. The minimum atomic E-state index is -0.501. The van der Waals surface area contributed by atoms with Crippen LogP contribution >= 0.6 is 0 Å². The van der Waals surface area contributed by atoms with Crippen molar-refractivity contribution in [3.05, 3.63) is 95.3 Å². The van der Waals surface area contributed by atoms with E-state index in [4.69, 9.17) is 4.74 Å². The zero-order valence-electron chi connectivity index (χ0n) is 14.1. The van der Waals surface area contributed by atoms with Crippen LogP contribution in [0.3, 0.4) is 0 Å². The number of anilines is 1. The van der Waals surface area contributed by atoms with E-state index >= 15 is 0 Å². The van der Waals surface area contributed by atoms with Gasteiger partial charge in [-0.3, -0.25) is 4.79 Å². The topological polar surface area (TPSA) is 38.3 Å². The molecular weight excluding hydrogens is 329 g/mol. The summed E-state index contributed by atoms with van der Waals surface area (Å²) in [6, 6.07) is 20.6. The van der Waals surface area contributed by atoms with Gasteiger partial charge in [-0.2, -0.15) is 0 Å². The molecule has 0 aliphatic carbocycles. The first-order valence-electron chi connectivity index (χ1n) is 7.98. The van der Waals surface area contributed by atoms with E-state index in [-0.39, 0.29) is 5.56 Å². The first-order valence-corrected chi connectivity index (χ1v) is 7.98. The minimum absolute atomic E-state index is 0.133.